The lowest BCUT2D eigenvalue weighted by atomic mass is 10.3. The number of hydrazine groups is 1. The lowest BCUT2D eigenvalue weighted by Crippen LogP contribution is -2.33. The van der Waals surface area contributed by atoms with Gasteiger partial charge in [0, 0.05) is 19.2 Å². The van der Waals surface area contributed by atoms with Crippen LogP contribution >= 0.6 is 0 Å². The first-order valence-electron chi connectivity index (χ1n) is 4.25. The molecule has 0 unspecified atom stereocenters. The standard InChI is InChI=1S/C9H11N3O/c1-7-2-3-8(10-6-7)12-5-4-9(13)11-12/h2-3,6H,4-5H2,1H3,(H,11,13). The van der Waals surface area contributed by atoms with Crippen LogP contribution in [-0.4, -0.2) is 17.4 Å². The Kier molecular flexibility index (Phi) is 1.88. The van der Waals surface area contributed by atoms with E-state index in [0.29, 0.717) is 13.0 Å². The van der Waals surface area contributed by atoms with E-state index < -0.39 is 0 Å². The van der Waals surface area contributed by atoms with Crippen molar-refractivity contribution in [1.29, 1.82) is 0 Å². The van der Waals surface area contributed by atoms with E-state index in [9.17, 15) is 4.79 Å². The van der Waals surface area contributed by atoms with Crippen LogP contribution in [0.2, 0.25) is 0 Å². The highest BCUT2D eigenvalue weighted by Gasteiger charge is 2.18. The summed E-state index contributed by atoms with van der Waals surface area (Å²) in [4.78, 5) is 15.1. The molecule has 0 spiro atoms. The maximum absolute atomic E-state index is 10.9. The summed E-state index contributed by atoms with van der Waals surface area (Å²) in [5.74, 6) is 0.860. The lowest BCUT2D eigenvalue weighted by molar-refractivity contribution is -0.119. The van der Waals surface area contributed by atoms with Crippen LogP contribution in [0.4, 0.5) is 5.82 Å². The van der Waals surface area contributed by atoms with Gasteiger partial charge in [-0.2, -0.15) is 0 Å². The SMILES string of the molecule is Cc1ccc(N2CCC(=O)N2)nc1. The second-order valence-electron chi connectivity index (χ2n) is 3.13. The summed E-state index contributed by atoms with van der Waals surface area (Å²) in [7, 11) is 0. The summed E-state index contributed by atoms with van der Waals surface area (Å²) >= 11 is 0. The Hall–Kier alpha value is -1.58. The summed E-state index contributed by atoms with van der Waals surface area (Å²) in [5, 5.41) is 1.77. The number of aromatic nitrogens is 1. The Labute approximate surface area is 76.5 Å². The summed E-state index contributed by atoms with van der Waals surface area (Å²) in [5.41, 5.74) is 3.84. The minimum atomic E-state index is 0.0578. The summed E-state index contributed by atoms with van der Waals surface area (Å²) in [6.45, 7) is 2.69. The molecule has 1 N–H and O–H groups in total. The molecular weight excluding hydrogens is 166 g/mol. The number of hydrogen-bond acceptors (Lipinski definition) is 3. The fraction of sp³-hybridized carbons (Fsp3) is 0.333. The monoisotopic (exact) mass is 177 g/mol. The molecular formula is C9H11N3O. The van der Waals surface area contributed by atoms with Crippen molar-refractivity contribution < 1.29 is 4.79 Å². The van der Waals surface area contributed by atoms with Crippen molar-refractivity contribution in [3.63, 3.8) is 0 Å². The molecule has 0 aromatic carbocycles. The van der Waals surface area contributed by atoms with Gasteiger partial charge in [-0.1, -0.05) is 6.07 Å². The van der Waals surface area contributed by atoms with Gasteiger partial charge in [-0.05, 0) is 18.6 Å². The van der Waals surface area contributed by atoms with Crippen LogP contribution in [0.1, 0.15) is 12.0 Å². The smallest absolute Gasteiger partial charge is 0.240 e. The van der Waals surface area contributed by atoms with Crippen molar-refractivity contribution in [1.82, 2.24) is 10.4 Å². The van der Waals surface area contributed by atoms with Crippen molar-refractivity contribution in [2.24, 2.45) is 0 Å². The first-order chi connectivity index (χ1) is 6.25. The predicted octanol–water partition coefficient (Wildman–Crippen LogP) is 0.631. The largest absolute Gasteiger partial charge is 0.273 e. The number of carbonyl (C=O) groups excluding carboxylic acids is 1. The Bertz CT molecular complexity index is 320. The van der Waals surface area contributed by atoms with Crippen LogP contribution in [0, 0.1) is 6.92 Å². The van der Waals surface area contributed by atoms with Gasteiger partial charge in [-0.25, -0.2) is 4.98 Å². The van der Waals surface area contributed by atoms with Crippen molar-refractivity contribution in [3.8, 4) is 0 Å². The highest BCUT2D eigenvalue weighted by Crippen LogP contribution is 2.12. The molecule has 2 heterocycles. The average Bonchev–Trinajstić information content (AvgIpc) is 2.53. The van der Waals surface area contributed by atoms with E-state index in [1.807, 2.05) is 19.1 Å². The van der Waals surface area contributed by atoms with Crippen LogP contribution in [0.15, 0.2) is 18.3 Å². The van der Waals surface area contributed by atoms with Crippen LogP contribution in [-0.2, 0) is 4.79 Å². The van der Waals surface area contributed by atoms with Gasteiger partial charge in [0.05, 0.1) is 0 Å². The Morgan fingerprint density at radius 3 is 2.92 bits per heavy atom. The van der Waals surface area contributed by atoms with Gasteiger partial charge in [0.1, 0.15) is 5.82 Å². The Morgan fingerprint density at radius 1 is 1.54 bits per heavy atom. The summed E-state index contributed by atoms with van der Waals surface area (Å²) in [6, 6.07) is 3.88. The molecule has 1 amide bonds. The van der Waals surface area contributed by atoms with E-state index in [4.69, 9.17) is 0 Å². The topological polar surface area (TPSA) is 45.2 Å². The fourth-order valence-corrected chi connectivity index (χ4v) is 1.27. The predicted molar refractivity (Wildman–Crippen MR) is 49.1 cm³/mol. The van der Waals surface area contributed by atoms with E-state index in [1.165, 1.54) is 0 Å². The molecule has 1 aliphatic heterocycles. The van der Waals surface area contributed by atoms with Crippen LogP contribution in [0.5, 0.6) is 0 Å². The first-order valence-corrected chi connectivity index (χ1v) is 4.25. The first kappa shape index (κ1) is 8.04. The zero-order chi connectivity index (χ0) is 9.26. The van der Waals surface area contributed by atoms with E-state index in [2.05, 4.69) is 10.4 Å². The molecule has 1 aromatic rings. The van der Waals surface area contributed by atoms with E-state index in [-0.39, 0.29) is 5.91 Å². The maximum Gasteiger partial charge on any atom is 0.240 e. The second kappa shape index (κ2) is 3.05. The molecule has 0 aliphatic carbocycles. The molecule has 0 radical (unpaired) electrons. The van der Waals surface area contributed by atoms with Crippen molar-refractivity contribution >= 4 is 11.7 Å². The minimum absolute atomic E-state index is 0.0578. The van der Waals surface area contributed by atoms with Crippen molar-refractivity contribution in [3.05, 3.63) is 23.9 Å². The lowest BCUT2D eigenvalue weighted by Gasteiger charge is -2.15. The van der Waals surface area contributed by atoms with Crippen LogP contribution in [0.25, 0.3) is 0 Å². The quantitative estimate of drug-likeness (QED) is 0.684. The van der Waals surface area contributed by atoms with Gasteiger partial charge in [0.25, 0.3) is 0 Å². The molecule has 2 rings (SSSR count). The number of nitrogens with zero attached hydrogens (tertiary/aromatic N) is 2. The highest BCUT2D eigenvalue weighted by molar-refractivity contribution is 5.81. The van der Waals surface area contributed by atoms with E-state index in [1.54, 1.807) is 11.2 Å². The van der Waals surface area contributed by atoms with Gasteiger partial charge in [0.2, 0.25) is 5.91 Å². The maximum atomic E-state index is 10.9. The number of nitrogens with one attached hydrogen (secondary N) is 1. The van der Waals surface area contributed by atoms with Gasteiger partial charge < -0.3 is 0 Å². The van der Waals surface area contributed by atoms with Crippen molar-refractivity contribution in [2.45, 2.75) is 13.3 Å². The molecule has 1 fully saturated rings. The number of anilines is 1. The molecule has 0 saturated carbocycles. The van der Waals surface area contributed by atoms with Gasteiger partial charge >= 0.3 is 0 Å². The molecule has 1 aromatic heterocycles. The Balaban J connectivity index is 2.17. The number of aryl methyl sites for hydroxylation is 1. The number of carbonyl (C=O) groups is 1. The molecule has 0 atom stereocenters. The zero-order valence-corrected chi connectivity index (χ0v) is 7.45. The Morgan fingerprint density at radius 2 is 2.38 bits per heavy atom. The normalized spacial score (nSPS) is 16.1. The van der Waals surface area contributed by atoms with Crippen LogP contribution in [0.3, 0.4) is 0 Å². The third kappa shape index (κ3) is 1.61. The summed E-state index contributed by atoms with van der Waals surface area (Å²) in [6.07, 6.45) is 2.34. The number of amides is 1. The van der Waals surface area contributed by atoms with Gasteiger partial charge in [-0.15, -0.1) is 0 Å². The molecule has 4 nitrogen and oxygen atoms in total. The van der Waals surface area contributed by atoms with E-state index in [0.717, 1.165) is 11.4 Å². The second-order valence-corrected chi connectivity index (χ2v) is 3.13. The fourth-order valence-electron chi connectivity index (χ4n) is 1.27. The van der Waals surface area contributed by atoms with Gasteiger partial charge in [-0.3, -0.25) is 15.2 Å². The molecule has 1 aliphatic rings. The van der Waals surface area contributed by atoms with Gasteiger partial charge in [0.15, 0.2) is 0 Å². The zero-order valence-electron chi connectivity index (χ0n) is 7.45. The average molecular weight is 177 g/mol. The third-order valence-corrected chi connectivity index (χ3v) is 1.99. The molecule has 68 valence electrons. The number of hydrogen-bond donors (Lipinski definition) is 1. The third-order valence-electron chi connectivity index (χ3n) is 1.99. The molecule has 4 heteroatoms. The number of pyridine rings is 1. The molecule has 1 saturated heterocycles. The highest BCUT2D eigenvalue weighted by atomic mass is 16.2. The minimum Gasteiger partial charge on any atom is -0.273 e. The van der Waals surface area contributed by atoms with Crippen molar-refractivity contribution in [2.75, 3.05) is 11.6 Å². The van der Waals surface area contributed by atoms with Crippen LogP contribution < -0.4 is 10.4 Å². The molecule has 13 heavy (non-hydrogen) atoms. The van der Waals surface area contributed by atoms with E-state index >= 15 is 0 Å². The number of rotatable bonds is 1. The summed E-state index contributed by atoms with van der Waals surface area (Å²) < 4.78 is 0. The molecule has 0 bridgehead atoms.